The average Bonchev–Trinajstić information content (AvgIpc) is 2.66. The van der Waals surface area contributed by atoms with Crippen molar-refractivity contribution in [1.29, 1.82) is 0 Å². The van der Waals surface area contributed by atoms with Crippen LogP contribution < -0.4 is 5.73 Å². The molecule has 6 nitrogen and oxygen atoms in total. The summed E-state index contributed by atoms with van der Waals surface area (Å²) in [5, 5.41) is 13.5. The Morgan fingerprint density at radius 2 is 2.12 bits per heavy atom. The average molecular weight is 243 g/mol. The molecule has 1 aromatic heterocycles. The number of ether oxygens (including phenoxy) is 1. The van der Waals surface area contributed by atoms with E-state index in [-0.39, 0.29) is 17.4 Å². The molecule has 0 aromatic carbocycles. The van der Waals surface area contributed by atoms with Gasteiger partial charge in [0.05, 0.1) is 0 Å². The predicted molar refractivity (Wildman–Crippen MR) is 62.1 cm³/mol. The summed E-state index contributed by atoms with van der Waals surface area (Å²) in [6.45, 7) is 6.43. The molecule has 0 fully saturated rings. The second kappa shape index (κ2) is 5.57. The Hall–Kier alpha value is -0.980. The highest BCUT2D eigenvalue weighted by Crippen LogP contribution is 2.34. The highest BCUT2D eigenvalue weighted by Gasteiger charge is 2.31. The molecule has 0 aliphatic rings. The van der Waals surface area contributed by atoms with E-state index in [1.165, 1.54) is 0 Å². The highest BCUT2D eigenvalue weighted by atomic mass is 16.5. The molecule has 6 heteroatoms. The lowest BCUT2D eigenvalue weighted by Gasteiger charge is -2.26. The van der Waals surface area contributed by atoms with Gasteiger partial charge in [0.1, 0.15) is 12.2 Å². The first-order valence-electron chi connectivity index (χ1n) is 5.64. The SMILES string of the molecule is COC(c1noc(C(O)CCN)n1)C(C)(C)C. The Labute approximate surface area is 101 Å². The quantitative estimate of drug-likeness (QED) is 0.806. The number of aliphatic hydroxyl groups is 1. The van der Waals surface area contributed by atoms with Crippen molar-refractivity contribution in [2.24, 2.45) is 11.1 Å². The van der Waals surface area contributed by atoms with Crippen molar-refractivity contribution < 1.29 is 14.4 Å². The number of methoxy groups -OCH3 is 1. The van der Waals surface area contributed by atoms with Gasteiger partial charge in [-0.05, 0) is 18.4 Å². The van der Waals surface area contributed by atoms with E-state index in [2.05, 4.69) is 10.1 Å². The molecule has 3 N–H and O–H groups in total. The van der Waals surface area contributed by atoms with E-state index in [0.717, 1.165) is 0 Å². The molecule has 0 aliphatic carbocycles. The van der Waals surface area contributed by atoms with Gasteiger partial charge in [0.25, 0.3) is 5.89 Å². The lowest BCUT2D eigenvalue weighted by Crippen LogP contribution is -2.21. The van der Waals surface area contributed by atoms with Crippen LogP contribution in [0, 0.1) is 5.41 Å². The number of hydrogen-bond acceptors (Lipinski definition) is 6. The molecule has 2 unspecified atom stereocenters. The van der Waals surface area contributed by atoms with Crippen LogP contribution in [-0.4, -0.2) is 28.9 Å². The normalized spacial score (nSPS) is 15.9. The van der Waals surface area contributed by atoms with Crippen LogP contribution in [0.3, 0.4) is 0 Å². The topological polar surface area (TPSA) is 94.4 Å². The molecule has 0 spiro atoms. The second-order valence-electron chi connectivity index (χ2n) is 5.07. The molecule has 1 rings (SSSR count). The maximum atomic E-state index is 9.67. The van der Waals surface area contributed by atoms with Crippen molar-refractivity contribution in [3.63, 3.8) is 0 Å². The molecule has 0 aliphatic heterocycles. The lowest BCUT2D eigenvalue weighted by molar-refractivity contribution is 0.00718. The van der Waals surface area contributed by atoms with E-state index in [1.807, 2.05) is 20.8 Å². The summed E-state index contributed by atoms with van der Waals surface area (Å²) in [5.74, 6) is 0.642. The molecule has 1 heterocycles. The Balaban J connectivity index is 2.86. The molecule has 2 atom stereocenters. The fourth-order valence-corrected chi connectivity index (χ4v) is 1.62. The zero-order valence-corrected chi connectivity index (χ0v) is 10.8. The van der Waals surface area contributed by atoms with Crippen molar-refractivity contribution in [3.05, 3.63) is 11.7 Å². The molecule has 17 heavy (non-hydrogen) atoms. The first-order chi connectivity index (χ1) is 7.90. The van der Waals surface area contributed by atoms with Crippen molar-refractivity contribution in [1.82, 2.24) is 10.1 Å². The summed E-state index contributed by atoms with van der Waals surface area (Å²) in [4.78, 5) is 4.16. The zero-order chi connectivity index (χ0) is 13.1. The van der Waals surface area contributed by atoms with Gasteiger partial charge >= 0.3 is 0 Å². The van der Waals surface area contributed by atoms with Gasteiger partial charge in [-0.1, -0.05) is 25.9 Å². The van der Waals surface area contributed by atoms with Crippen LogP contribution in [0.2, 0.25) is 0 Å². The fraction of sp³-hybridized carbons (Fsp3) is 0.818. The van der Waals surface area contributed by atoms with Crippen LogP contribution in [0.15, 0.2) is 4.52 Å². The number of hydrogen-bond donors (Lipinski definition) is 2. The molecule has 0 saturated carbocycles. The van der Waals surface area contributed by atoms with Gasteiger partial charge in [0, 0.05) is 7.11 Å². The van der Waals surface area contributed by atoms with Crippen molar-refractivity contribution in [3.8, 4) is 0 Å². The first-order valence-corrected chi connectivity index (χ1v) is 5.64. The lowest BCUT2D eigenvalue weighted by atomic mass is 9.88. The first kappa shape index (κ1) is 14.1. The van der Waals surface area contributed by atoms with Crippen LogP contribution in [0.4, 0.5) is 0 Å². The number of rotatable bonds is 5. The summed E-state index contributed by atoms with van der Waals surface area (Å²) in [5.41, 5.74) is 5.21. The van der Waals surface area contributed by atoms with Gasteiger partial charge in [-0.3, -0.25) is 0 Å². The van der Waals surface area contributed by atoms with Crippen molar-refractivity contribution in [2.45, 2.75) is 39.4 Å². The smallest absolute Gasteiger partial charge is 0.255 e. The van der Waals surface area contributed by atoms with Gasteiger partial charge in [0.2, 0.25) is 5.82 Å². The minimum Gasteiger partial charge on any atom is -0.383 e. The third kappa shape index (κ3) is 3.49. The Morgan fingerprint density at radius 1 is 1.47 bits per heavy atom. The maximum absolute atomic E-state index is 9.67. The third-order valence-electron chi connectivity index (χ3n) is 2.44. The van der Waals surface area contributed by atoms with Crippen molar-refractivity contribution in [2.75, 3.05) is 13.7 Å². The summed E-state index contributed by atoms with van der Waals surface area (Å²) >= 11 is 0. The van der Waals surface area contributed by atoms with Gasteiger partial charge < -0.3 is 20.1 Å². The van der Waals surface area contributed by atoms with Gasteiger partial charge in [-0.25, -0.2) is 0 Å². The van der Waals surface area contributed by atoms with Crippen LogP contribution in [-0.2, 0) is 4.74 Å². The zero-order valence-electron chi connectivity index (χ0n) is 10.8. The maximum Gasteiger partial charge on any atom is 0.255 e. The third-order valence-corrected chi connectivity index (χ3v) is 2.44. The van der Waals surface area contributed by atoms with Gasteiger partial charge in [0.15, 0.2) is 0 Å². The van der Waals surface area contributed by atoms with E-state index in [1.54, 1.807) is 7.11 Å². The molecule has 0 amide bonds. The van der Waals surface area contributed by atoms with Crippen LogP contribution in [0.1, 0.15) is 51.1 Å². The fourth-order valence-electron chi connectivity index (χ4n) is 1.62. The standard InChI is InChI=1S/C11H21N3O3/c1-11(2,3)8(16-4)9-13-10(17-14-9)7(15)5-6-12/h7-8,15H,5-6,12H2,1-4H3. The van der Waals surface area contributed by atoms with E-state index >= 15 is 0 Å². The Morgan fingerprint density at radius 3 is 2.59 bits per heavy atom. The van der Waals surface area contributed by atoms with Crippen LogP contribution >= 0.6 is 0 Å². The van der Waals surface area contributed by atoms with E-state index in [0.29, 0.717) is 18.8 Å². The van der Waals surface area contributed by atoms with Crippen LogP contribution in [0.25, 0.3) is 0 Å². The highest BCUT2D eigenvalue weighted by molar-refractivity contribution is 4.97. The minimum absolute atomic E-state index is 0.144. The molecular weight excluding hydrogens is 222 g/mol. The molecule has 0 saturated heterocycles. The Kier molecular flexibility index (Phi) is 4.62. The molecular formula is C11H21N3O3. The molecule has 0 bridgehead atoms. The number of aliphatic hydroxyl groups excluding tert-OH is 1. The predicted octanol–water partition coefficient (Wildman–Crippen LogP) is 1.19. The monoisotopic (exact) mass is 243 g/mol. The molecule has 98 valence electrons. The van der Waals surface area contributed by atoms with Crippen LogP contribution in [0.5, 0.6) is 0 Å². The van der Waals surface area contributed by atoms with E-state index in [4.69, 9.17) is 15.0 Å². The van der Waals surface area contributed by atoms with Crippen molar-refractivity contribution >= 4 is 0 Å². The minimum atomic E-state index is -0.807. The molecule has 0 radical (unpaired) electrons. The van der Waals surface area contributed by atoms with E-state index in [9.17, 15) is 5.11 Å². The van der Waals surface area contributed by atoms with E-state index < -0.39 is 6.10 Å². The summed E-state index contributed by atoms with van der Waals surface area (Å²) in [7, 11) is 1.60. The number of aromatic nitrogens is 2. The molecule has 1 aromatic rings. The Bertz CT molecular complexity index is 346. The summed E-state index contributed by atoms with van der Waals surface area (Å²) in [6.07, 6.45) is -0.682. The number of nitrogens with two attached hydrogens (primary N) is 1. The second-order valence-corrected chi connectivity index (χ2v) is 5.07. The largest absolute Gasteiger partial charge is 0.383 e. The van der Waals surface area contributed by atoms with Gasteiger partial charge in [-0.15, -0.1) is 0 Å². The number of nitrogens with zero attached hydrogens (tertiary/aromatic N) is 2. The summed E-state index contributed by atoms with van der Waals surface area (Å²) < 4.78 is 10.4. The summed E-state index contributed by atoms with van der Waals surface area (Å²) in [6, 6.07) is 0. The van der Waals surface area contributed by atoms with Gasteiger partial charge in [-0.2, -0.15) is 4.98 Å².